The van der Waals surface area contributed by atoms with E-state index in [2.05, 4.69) is 4.98 Å². The van der Waals surface area contributed by atoms with Gasteiger partial charge in [0, 0.05) is 32.2 Å². The van der Waals surface area contributed by atoms with Crippen LogP contribution < -0.4 is 4.90 Å². The molecule has 24 heavy (non-hydrogen) atoms. The van der Waals surface area contributed by atoms with Crippen LogP contribution in [-0.2, 0) is 0 Å². The molecule has 0 aliphatic carbocycles. The fourth-order valence-corrected chi connectivity index (χ4v) is 2.54. The van der Waals surface area contributed by atoms with E-state index in [-0.39, 0.29) is 17.3 Å². The summed E-state index contributed by atoms with van der Waals surface area (Å²) >= 11 is 0. The molecule has 9 nitrogen and oxygen atoms in total. The number of carbonyl (C=O) groups excluding carboxylic acids is 1. The first-order valence-corrected chi connectivity index (χ1v) is 7.23. The number of rotatable bonds is 3. The maximum absolute atomic E-state index is 12.2. The molecule has 0 radical (unpaired) electrons. The van der Waals surface area contributed by atoms with Gasteiger partial charge in [0.2, 0.25) is 5.69 Å². The fraction of sp³-hybridized carbons (Fsp3) is 0.267. The van der Waals surface area contributed by atoms with Gasteiger partial charge in [0.15, 0.2) is 5.76 Å². The van der Waals surface area contributed by atoms with E-state index in [1.165, 1.54) is 18.4 Å². The predicted octanol–water partition coefficient (Wildman–Crippen LogP) is 1.42. The fourth-order valence-electron chi connectivity index (χ4n) is 2.54. The summed E-state index contributed by atoms with van der Waals surface area (Å²) in [5, 5.41) is 19.9. The minimum atomic E-state index is -0.630. The monoisotopic (exact) mass is 327 g/mol. The normalized spacial score (nSPS) is 14.3. The number of pyridine rings is 1. The highest BCUT2D eigenvalue weighted by Crippen LogP contribution is 2.22. The first kappa shape index (κ1) is 15.5. The number of aromatic nitrogens is 1. The number of anilines is 1. The van der Waals surface area contributed by atoms with Gasteiger partial charge in [-0.3, -0.25) is 14.9 Å². The summed E-state index contributed by atoms with van der Waals surface area (Å²) < 4.78 is 5.11. The van der Waals surface area contributed by atoms with Crippen molar-refractivity contribution in [2.75, 3.05) is 31.1 Å². The Labute approximate surface area is 136 Å². The second-order valence-electron chi connectivity index (χ2n) is 5.16. The summed E-state index contributed by atoms with van der Waals surface area (Å²) in [6, 6.07) is 7.82. The number of amides is 1. The number of hydrogen-bond acceptors (Lipinski definition) is 7. The average Bonchev–Trinajstić information content (AvgIpc) is 3.15. The standard InChI is InChI=1S/C15H13N5O4/c16-10-11-12(20(22)23)3-4-14(17-11)18-5-7-19(8-6-18)15(21)13-2-1-9-24-13/h1-4,9H,5-8H2. The zero-order valence-corrected chi connectivity index (χ0v) is 12.6. The van der Waals surface area contributed by atoms with Crippen LogP contribution in [0.3, 0.4) is 0 Å². The molecule has 0 bridgehead atoms. The van der Waals surface area contributed by atoms with Crippen molar-refractivity contribution in [2.45, 2.75) is 0 Å². The van der Waals surface area contributed by atoms with Crippen LogP contribution in [0.1, 0.15) is 16.2 Å². The Morgan fingerprint density at radius 2 is 2.04 bits per heavy atom. The van der Waals surface area contributed by atoms with E-state index in [0.29, 0.717) is 37.8 Å². The molecule has 1 saturated heterocycles. The molecule has 0 atom stereocenters. The van der Waals surface area contributed by atoms with Crippen molar-refractivity contribution >= 4 is 17.4 Å². The number of nitro groups is 1. The summed E-state index contributed by atoms with van der Waals surface area (Å²) in [5.74, 6) is 0.611. The summed E-state index contributed by atoms with van der Waals surface area (Å²) in [7, 11) is 0. The Hall–Kier alpha value is -3.41. The molecule has 1 fully saturated rings. The zero-order chi connectivity index (χ0) is 17.1. The molecular weight excluding hydrogens is 314 g/mol. The predicted molar refractivity (Wildman–Crippen MR) is 82.4 cm³/mol. The Morgan fingerprint density at radius 3 is 2.62 bits per heavy atom. The average molecular weight is 327 g/mol. The molecule has 9 heteroatoms. The molecule has 122 valence electrons. The highest BCUT2D eigenvalue weighted by Gasteiger charge is 2.25. The van der Waals surface area contributed by atoms with Gasteiger partial charge in [-0.2, -0.15) is 5.26 Å². The van der Waals surface area contributed by atoms with Gasteiger partial charge >= 0.3 is 5.69 Å². The Balaban J connectivity index is 1.70. The minimum absolute atomic E-state index is 0.172. The topological polar surface area (TPSA) is 117 Å². The van der Waals surface area contributed by atoms with E-state index in [0.717, 1.165) is 0 Å². The van der Waals surface area contributed by atoms with E-state index in [9.17, 15) is 14.9 Å². The largest absolute Gasteiger partial charge is 0.459 e. The first-order chi connectivity index (χ1) is 11.6. The van der Waals surface area contributed by atoms with Crippen LogP contribution in [0.25, 0.3) is 0 Å². The van der Waals surface area contributed by atoms with E-state index in [1.54, 1.807) is 23.1 Å². The molecule has 1 aliphatic rings. The maximum atomic E-state index is 12.2. The Kier molecular flexibility index (Phi) is 4.11. The van der Waals surface area contributed by atoms with Crippen LogP contribution in [0.4, 0.5) is 11.5 Å². The lowest BCUT2D eigenvalue weighted by molar-refractivity contribution is -0.385. The summed E-state index contributed by atoms with van der Waals surface area (Å²) in [5.41, 5.74) is -0.528. The molecule has 0 unspecified atom stereocenters. The summed E-state index contributed by atoms with van der Waals surface area (Å²) in [4.78, 5) is 30.0. The molecule has 0 spiro atoms. The number of furan rings is 1. The lowest BCUT2D eigenvalue weighted by Crippen LogP contribution is -2.49. The van der Waals surface area contributed by atoms with Crippen molar-refractivity contribution in [3.8, 4) is 6.07 Å². The SMILES string of the molecule is N#Cc1nc(N2CCN(C(=O)c3ccco3)CC2)ccc1[N+](=O)[O-]. The maximum Gasteiger partial charge on any atom is 0.305 e. The number of piperazine rings is 1. The number of carbonyl (C=O) groups is 1. The third-order valence-electron chi connectivity index (χ3n) is 3.78. The summed E-state index contributed by atoms with van der Waals surface area (Å²) in [6.45, 7) is 1.98. The van der Waals surface area contributed by atoms with Crippen LogP contribution in [-0.4, -0.2) is 46.9 Å². The second kappa shape index (κ2) is 6.37. The van der Waals surface area contributed by atoms with Crippen LogP contribution in [0, 0.1) is 21.4 Å². The zero-order valence-electron chi connectivity index (χ0n) is 12.6. The van der Waals surface area contributed by atoms with Crippen LogP contribution in [0.15, 0.2) is 34.9 Å². The minimum Gasteiger partial charge on any atom is -0.459 e. The van der Waals surface area contributed by atoms with Gasteiger partial charge in [0.1, 0.15) is 11.9 Å². The van der Waals surface area contributed by atoms with E-state index < -0.39 is 4.92 Å². The van der Waals surface area contributed by atoms with Gasteiger partial charge in [0.25, 0.3) is 5.91 Å². The van der Waals surface area contributed by atoms with Crippen molar-refractivity contribution in [1.29, 1.82) is 5.26 Å². The molecular formula is C15H13N5O4. The van der Waals surface area contributed by atoms with Crippen LogP contribution >= 0.6 is 0 Å². The highest BCUT2D eigenvalue weighted by molar-refractivity contribution is 5.91. The Morgan fingerprint density at radius 1 is 1.29 bits per heavy atom. The first-order valence-electron chi connectivity index (χ1n) is 7.23. The van der Waals surface area contributed by atoms with Crippen molar-refractivity contribution in [3.63, 3.8) is 0 Å². The molecule has 0 aromatic carbocycles. The van der Waals surface area contributed by atoms with Gasteiger partial charge in [-0.25, -0.2) is 4.98 Å². The molecule has 0 N–H and O–H groups in total. The highest BCUT2D eigenvalue weighted by atomic mass is 16.6. The lowest BCUT2D eigenvalue weighted by atomic mass is 10.2. The van der Waals surface area contributed by atoms with Crippen molar-refractivity contribution < 1.29 is 14.1 Å². The molecule has 2 aromatic heterocycles. The molecule has 2 aromatic rings. The quantitative estimate of drug-likeness (QED) is 0.618. The van der Waals surface area contributed by atoms with Gasteiger partial charge in [-0.1, -0.05) is 0 Å². The van der Waals surface area contributed by atoms with E-state index >= 15 is 0 Å². The molecule has 3 rings (SSSR count). The molecule has 1 aliphatic heterocycles. The van der Waals surface area contributed by atoms with Crippen molar-refractivity contribution in [2.24, 2.45) is 0 Å². The van der Waals surface area contributed by atoms with E-state index in [4.69, 9.17) is 9.68 Å². The van der Waals surface area contributed by atoms with Gasteiger partial charge in [-0.05, 0) is 18.2 Å². The Bertz CT molecular complexity index is 804. The second-order valence-corrected chi connectivity index (χ2v) is 5.16. The molecule has 3 heterocycles. The number of nitrogens with zero attached hydrogens (tertiary/aromatic N) is 5. The lowest BCUT2D eigenvalue weighted by Gasteiger charge is -2.35. The summed E-state index contributed by atoms with van der Waals surface area (Å²) in [6.07, 6.45) is 1.45. The smallest absolute Gasteiger partial charge is 0.305 e. The third kappa shape index (κ3) is 2.89. The molecule has 1 amide bonds. The van der Waals surface area contributed by atoms with Gasteiger partial charge in [0.05, 0.1) is 11.2 Å². The van der Waals surface area contributed by atoms with Gasteiger partial charge < -0.3 is 14.2 Å². The third-order valence-corrected chi connectivity index (χ3v) is 3.78. The van der Waals surface area contributed by atoms with Crippen molar-refractivity contribution in [3.05, 3.63) is 52.1 Å². The van der Waals surface area contributed by atoms with Gasteiger partial charge in [-0.15, -0.1) is 0 Å². The van der Waals surface area contributed by atoms with Crippen LogP contribution in [0.2, 0.25) is 0 Å². The number of nitriles is 1. The molecule has 0 saturated carbocycles. The number of hydrogen-bond donors (Lipinski definition) is 0. The van der Waals surface area contributed by atoms with Crippen molar-refractivity contribution in [1.82, 2.24) is 9.88 Å². The van der Waals surface area contributed by atoms with E-state index in [1.807, 2.05) is 4.90 Å². The van der Waals surface area contributed by atoms with Crippen LogP contribution in [0.5, 0.6) is 0 Å².